The molecular weight excluding hydrogens is 564 g/mol. The fourth-order valence-corrected chi connectivity index (χ4v) is 6.12. The number of hydrogen-bond acceptors (Lipinski definition) is 8. The lowest BCUT2D eigenvalue weighted by Gasteiger charge is -2.35. The third-order valence-corrected chi connectivity index (χ3v) is 8.29. The predicted molar refractivity (Wildman–Crippen MR) is 144 cm³/mol. The second kappa shape index (κ2) is 11.8. The van der Waals surface area contributed by atoms with Crippen LogP contribution in [0.5, 0.6) is 0 Å². The van der Waals surface area contributed by atoms with Gasteiger partial charge < -0.3 is 15.2 Å². The standard InChI is InChI=1S/C27H26ClF2N5O4S/c1-2-39-27(38)20-23(15-5-3-14(4-6-15)16-11-32-35(12-16)13-19(36)37)33-25(26-31-9-10-40-26)34-24(20)17-7-8-18(29)22(30)21(17)28/h7-12,14-15,24H,2-6,13H2,1H3,(H,33,34)(H,36,37)/t14-,15-,24?. The Hall–Kier alpha value is -3.64. The number of halogens is 3. The quantitative estimate of drug-likeness (QED) is 0.272. The molecular formula is C27H26ClF2N5O4S. The highest BCUT2D eigenvalue weighted by molar-refractivity contribution is 7.11. The summed E-state index contributed by atoms with van der Waals surface area (Å²) in [6.07, 6.45) is 8.02. The predicted octanol–water partition coefficient (Wildman–Crippen LogP) is 5.24. The van der Waals surface area contributed by atoms with E-state index in [-0.39, 0.29) is 36.1 Å². The molecule has 1 unspecified atom stereocenters. The van der Waals surface area contributed by atoms with Gasteiger partial charge in [0.25, 0.3) is 0 Å². The van der Waals surface area contributed by atoms with E-state index in [1.165, 1.54) is 22.1 Å². The summed E-state index contributed by atoms with van der Waals surface area (Å²) in [6, 6.07) is 1.26. The zero-order valence-electron chi connectivity index (χ0n) is 21.4. The maximum absolute atomic E-state index is 14.6. The first kappa shape index (κ1) is 27.9. The van der Waals surface area contributed by atoms with Gasteiger partial charge in [0.1, 0.15) is 12.6 Å². The zero-order valence-corrected chi connectivity index (χ0v) is 23.0. The molecule has 2 aromatic heterocycles. The van der Waals surface area contributed by atoms with Crippen molar-refractivity contribution < 1.29 is 28.2 Å². The minimum absolute atomic E-state index is 0.0956. The number of aliphatic carboxylic acids is 1. The van der Waals surface area contributed by atoms with Crippen molar-refractivity contribution >= 4 is 40.7 Å². The Morgan fingerprint density at radius 2 is 1.98 bits per heavy atom. The summed E-state index contributed by atoms with van der Waals surface area (Å²) in [5.74, 6) is -3.40. The molecule has 0 spiro atoms. The molecule has 2 N–H and O–H groups in total. The number of carboxylic acid groups (broad SMARTS) is 1. The van der Waals surface area contributed by atoms with E-state index in [0.717, 1.165) is 24.5 Å². The molecule has 0 saturated heterocycles. The van der Waals surface area contributed by atoms with Gasteiger partial charge in [-0.1, -0.05) is 17.7 Å². The molecule has 9 nitrogen and oxygen atoms in total. The number of esters is 1. The molecule has 13 heteroatoms. The number of nitrogens with one attached hydrogen (secondary N) is 1. The number of carbonyl (C=O) groups is 2. The molecule has 1 aliphatic carbocycles. The second-order valence-corrected chi connectivity index (χ2v) is 10.8. The average Bonchev–Trinajstić information content (AvgIpc) is 3.64. The van der Waals surface area contributed by atoms with Crippen LogP contribution in [0.4, 0.5) is 8.78 Å². The summed E-state index contributed by atoms with van der Waals surface area (Å²) >= 11 is 7.62. The topological polar surface area (TPSA) is 119 Å². The van der Waals surface area contributed by atoms with Crippen LogP contribution in [0, 0.1) is 17.6 Å². The SMILES string of the molecule is CCOC(=O)C1=C([C@H]2CC[C@H](c3cnn(CC(=O)O)c3)CC2)NC(c2nccs2)=NC1c1ccc(F)c(F)c1Cl. The lowest BCUT2D eigenvalue weighted by Crippen LogP contribution is -2.38. The minimum Gasteiger partial charge on any atom is -0.480 e. The van der Waals surface area contributed by atoms with Crippen LogP contribution in [0.1, 0.15) is 60.7 Å². The maximum Gasteiger partial charge on any atom is 0.338 e. The molecule has 1 aromatic carbocycles. The van der Waals surface area contributed by atoms with Crippen LogP contribution >= 0.6 is 22.9 Å². The van der Waals surface area contributed by atoms with Crippen LogP contribution in [0.2, 0.25) is 5.02 Å². The smallest absolute Gasteiger partial charge is 0.338 e. The molecule has 1 saturated carbocycles. The van der Waals surface area contributed by atoms with Crippen molar-refractivity contribution in [2.24, 2.45) is 10.9 Å². The monoisotopic (exact) mass is 589 g/mol. The van der Waals surface area contributed by atoms with Crippen LogP contribution in [-0.4, -0.2) is 44.3 Å². The van der Waals surface area contributed by atoms with E-state index in [1.54, 1.807) is 30.9 Å². The molecule has 0 bridgehead atoms. The van der Waals surface area contributed by atoms with Crippen molar-refractivity contribution in [2.75, 3.05) is 6.61 Å². The highest BCUT2D eigenvalue weighted by Gasteiger charge is 2.38. The Bertz CT molecular complexity index is 1480. The first-order valence-corrected chi connectivity index (χ1v) is 14.1. The Morgan fingerprint density at radius 3 is 2.65 bits per heavy atom. The first-order valence-electron chi connectivity index (χ1n) is 12.8. The number of amidine groups is 1. The van der Waals surface area contributed by atoms with Crippen molar-refractivity contribution in [3.8, 4) is 0 Å². The molecule has 40 heavy (non-hydrogen) atoms. The van der Waals surface area contributed by atoms with Gasteiger partial charge in [0, 0.05) is 29.0 Å². The first-order chi connectivity index (χ1) is 19.3. The van der Waals surface area contributed by atoms with Gasteiger partial charge in [-0.3, -0.25) is 14.5 Å². The third kappa shape index (κ3) is 5.64. The Kier molecular flexibility index (Phi) is 8.27. The maximum atomic E-state index is 14.6. The van der Waals surface area contributed by atoms with E-state index in [4.69, 9.17) is 26.4 Å². The molecule has 0 amide bonds. The number of ether oxygens (including phenoxy) is 1. The largest absolute Gasteiger partial charge is 0.480 e. The molecule has 2 aliphatic rings. The van der Waals surface area contributed by atoms with Crippen LogP contribution in [0.3, 0.4) is 0 Å². The fraction of sp³-hybridized carbons (Fsp3) is 0.370. The van der Waals surface area contributed by atoms with Crippen molar-refractivity contribution in [3.05, 3.63) is 80.2 Å². The summed E-state index contributed by atoms with van der Waals surface area (Å²) in [5.41, 5.74) is 1.92. The number of thiazole rings is 1. The van der Waals surface area contributed by atoms with Gasteiger partial charge in [-0.15, -0.1) is 11.3 Å². The lowest BCUT2D eigenvalue weighted by atomic mass is 9.76. The molecule has 3 aromatic rings. The molecule has 5 rings (SSSR count). The number of rotatable bonds is 8. The molecule has 1 atom stereocenters. The number of hydrogen-bond donors (Lipinski definition) is 2. The fourth-order valence-electron chi connectivity index (χ4n) is 5.28. The number of benzene rings is 1. The highest BCUT2D eigenvalue weighted by atomic mass is 35.5. The lowest BCUT2D eigenvalue weighted by molar-refractivity contribution is -0.139. The average molecular weight is 590 g/mol. The number of carboxylic acids is 1. The summed E-state index contributed by atoms with van der Waals surface area (Å²) in [4.78, 5) is 33.5. The van der Waals surface area contributed by atoms with Crippen molar-refractivity contribution in [2.45, 2.75) is 51.1 Å². The van der Waals surface area contributed by atoms with E-state index in [2.05, 4.69) is 15.4 Å². The second-order valence-electron chi connectivity index (χ2n) is 9.57. The normalized spacial score (nSPS) is 21.1. The number of allylic oxidation sites excluding steroid dienone is 1. The number of nitrogens with zero attached hydrogens (tertiary/aromatic N) is 4. The number of aliphatic imine (C=N–C) groups is 1. The highest BCUT2D eigenvalue weighted by Crippen LogP contribution is 2.44. The van der Waals surface area contributed by atoms with E-state index >= 15 is 0 Å². The number of aromatic nitrogens is 3. The van der Waals surface area contributed by atoms with Gasteiger partial charge in [0.15, 0.2) is 22.5 Å². The Balaban J connectivity index is 1.51. The van der Waals surface area contributed by atoms with E-state index < -0.39 is 34.6 Å². The van der Waals surface area contributed by atoms with Crippen LogP contribution < -0.4 is 5.32 Å². The van der Waals surface area contributed by atoms with Crippen molar-refractivity contribution in [1.29, 1.82) is 0 Å². The van der Waals surface area contributed by atoms with Gasteiger partial charge in [0.05, 0.1) is 23.4 Å². The molecule has 210 valence electrons. The summed E-state index contributed by atoms with van der Waals surface area (Å²) < 4.78 is 35.3. The van der Waals surface area contributed by atoms with Gasteiger partial charge in [-0.2, -0.15) is 5.10 Å². The Labute approximate surface area is 237 Å². The van der Waals surface area contributed by atoms with Gasteiger partial charge in [-0.25, -0.2) is 18.6 Å². The summed E-state index contributed by atoms with van der Waals surface area (Å²) in [7, 11) is 0. The van der Waals surface area contributed by atoms with Gasteiger partial charge in [0.2, 0.25) is 0 Å². The molecule has 1 aliphatic heterocycles. The van der Waals surface area contributed by atoms with Crippen LogP contribution in [0.15, 0.2) is 52.4 Å². The summed E-state index contributed by atoms with van der Waals surface area (Å²) in [5, 5.41) is 18.4. The van der Waals surface area contributed by atoms with Crippen molar-refractivity contribution in [1.82, 2.24) is 20.1 Å². The van der Waals surface area contributed by atoms with E-state index in [0.29, 0.717) is 29.4 Å². The zero-order chi connectivity index (χ0) is 28.4. The molecule has 0 radical (unpaired) electrons. The van der Waals surface area contributed by atoms with Crippen LogP contribution in [0.25, 0.3) is 0 Å². The van der Waals surface area contributed by atoms with Crippen LogP contribution in [-0.2, 0) is 20.9 Å². The molecule has 3 heterocycles. The summed E-state index contributed by atoms with van der Waals surface area (Å²) in [6.45, 7) is 1.60. The third-order valence-electron chi connectivity index (χ3n) is 7.12. The number of carbonyl (C=O) groups excluding carboxylic acids is 1. The van der Waals surface area contributed by atoms with Crippen molar-refractivity contribution in [3.63, 3.8) is 0 Å². The van der Waals surface area contributed by atoms with Gasteiger partial charge >= 0.3 is 11.9 Å². The Morgan fingerprint density at radius 1 is 1.23 bits per heavy atom. The van der Waals surface area contributed by atoms with Gasteiger partial charge in [-0.05, 0) is 56.1 Å². The van der Waals surface area contributed by atoms with E-state index in [1.807, 2.05) is 0 Å². The molecule has 1 fully saturated rings. The van der Waals surface area contributed by atoms with E-state index in [9.17, 15) is 18.4 Å². The minimum atomic E-state index is -1.21.